The number of aromatic nitrogens is 2. The second-order valence-corrected chi connectivity index (χ2v) is 11.1. The summed E-state index contributed by atoms with van der Waals surface area (Å²) in [6.07, 6.45) is 6.29. The molecule has 204 valence electrons. The normalized spacial score (nSPS) is 17.3. The first kappa shape index (κ1) is 27.2. The fraction of sp³-hybridized carbons (Fsp3) is 0.419. The van der Waals surface area contributed by atoms with E-state index in [9.17, 15) is 5.11 Å². The number of hydrogen-bond acceptors (Lipinski definition) is 4. The SMILES string of the molecule is Cc1cc(C)nc(N/C(=N/C(=S)NC2CCCC2)N2CCC(C(O)(c3ccccc3)c3ccccc3)CC2)n1. The van der Waals surface area contributed by atoms with Crippen molar-refractivity contribution in [3.8, 4) is 0 Å². The number of piperidine rings is 1. The summed E-state index contributed by atoms with van der Waals surface area (Å²) in [7, 11) is 0. The molecule has 1 aromatic heterocycles. The first-order valence-electron chi connectivity index (χ1n) is 14.0. The number of anilines is 1. The predicted octanol–water partition coefficient (Wildman–Crippen LogP) is 5.33. The quantitative estimate of drug-likeness (QED) is 0.228. The summed E-state index contributed by atoms with van der Waals surface area (Å²) in [5.74, 6) is 1.21. The second-order valence-electron chi connectivity index (χ2n) is 10.7. The minimum atomic E-state index is -1.07. The Hall–Kier alpha value is -3.36. The van der Waals surface area contributed by atoms with Gasteiger partial charge in [0, 0.05) is 30.5 Å². The second kappa shape index (κ2) is 12.2. The van der Waals surface area contributed by atoms with Crippen molar-refractivity contribution in [2.45, 2.75) is 64.0 Å². The zero-order valence-electron chi connectivity index (χ0n) is 22.8. The van der Waals surface area contributed by atoms with Crippen LogP contribution in [0.5, 0.6) is 0 Å². The lowest BCUT2D eigenvalue weighted by atomic mass is 9.72. The summed E-state index contributed by atoms with van der Waals surface area (Å²) in [6, 6.07) is 22.4. The van der Waals surface area contributed by atoms with Gasteiger partial charge in [0.15, 0.2) is 5.11 Å². The van der Waals surface area contributed by atoms with Crippen molar-refractivity contribution in [2.24, 2.45) is 10.9 Å². The third-order valence-corrected chi connectivity index (χ3v) is 8.12. The Morgan fingerprint density at radius 2 is 1.44 bits per heavy atom. The fourth-order valence-electron chi connectivity index (χ4n) is 5.96. The molecule has 0 bridgehead atoms. The molecule has 2 heterocycles. The highest BCUT2D eigenvalue weighted by Gasteiger charge is 2.42. The maximum atomic E-state index is 12.3. The Balaban J connectivity index is 1.38. The van der Waals surface area contributed by atoms with Crippen LogP contribution in [0.4, 0.5) is 5.95 Å². The van der Waals surface area contributed by atoms with Gasteiger partial charge in [0.1, 0.15) is 5.60 Å². The molecule has 1 saturated heterocycles. The minimum Gasteiger partial charge on any atom is -0.380 e. The molecule has 2 aliphatic rings. The molecule has 0 atom stereocenters. The van der Waals surface area contributed by atoms with E-state index in [2.05, 4.69) is 25.5 Å². The van der Waals surface area contributed by atoms with E-state index >= 15 is 0 Å². The van der Waals surface area contributed by atoms with Crippen LogP contribution in [0.3, 0.4) is 0 Å². The summed E-state index contributed by atoms with van der Waals surface area (Å²) >= 11 is 5.67. The van der Waals surface area contributed by atoms with Crippen LogP contribution in [-0.4, -0.2) is 50.2 Å². The van der Waals surface area contributed by atoms with E-state index in [-0.39, 0.29) is 5.92 Å². The van der Waals surface area contributed by atoms with Crippen LogP contribution < -0.4 is 10.6 Å². The lowest BCUT2D eigenvalue weighted by Gasteiger charge is -2.43. The number of rotatable bonds is 5. The van der Waals surface area contributed by atoms with Gasteiger partial charge in [-0.1, -0.05) is 73.5 Å². The van der Waals surface area contributed by atoms with Crippen LogP contribution >= 0.6 is 12.2 Å². The number of likely N-dealkylation sites (tertiary alicyclic amines) is 1. The zero-order valence-corrected chi connectivity index (χ0v) is 23.6. The molecule has 1 aliphatic heterocycles. The summed E-state index contributed by atoms with van der Waals surface area (Å²) in [4.78, 5) is 16.2. The predicted molar refractivity (Wildman–Crippen MR) is 161 cm³/mol. The third-order valence-electron chi connectivity index (χ3n) is 7.91. The van der Waals surface area contributed by atoms with Gasteiger partial charge >= 0.3 is 0 Å². The third kappa shape index (κ3) is 6.45. The first-order valence-corrected chi connectivity index (χ1v) is 14.4. The highest BCUT2D eigenvalue weighted by Crippen LogP contribution is 2.42. The molecule has 2 fully saturated rings. The molecular weight excluding hydrogens is 504 g/mol. The number of benzene rings is 2. The molecule has 5 rings (SSSR count). The molecule has 3 aromatic rings. The Kier molecular flexibility index (Phi) is 8.53. The molecule has 8 heteroatoms. The van der Waals surface area contributed by atoms with Crippen molar-refractivity contribution in [1.82, 2.24) is 20.2 Å². The number of hydrogen-bond donors (Lipinski definition) is 3. The summed E-state index contributed by atoms with van der Waals surface area (Å²) in [5.41, 5.74) is 2.56. The van der Waals surface area contributed by atoms with Gasteiger partial charge in [0.2, 0.25) is 11.9 Å². The summed E-state index contributed by atoms with van der Waals surface area (Å²) in [5, 5.41) is 19.6. The van der Waals surface area contributed by atoms with Crippen LogP contribution in [0, 0.1) is 19.8 Å². The molecule has 7 nitrogen and oxygen atoms in total. The van der Waals surface area contributed by atoms with E-state index < -0.39 is 5.60 Å². The van der Waals surface area contributed by atoms with Crippen molar-refractivity contribution in [3.05, 3.63) is 89.2 Å². The van der Waals surface area contributed by atoms with Crippen molar-refractivity contribution in [3.63, 3.8) is 0 Å². The van der Waals surface area contributed by atoms with Gasteiger partial charge < -0.3 is 15.3 Å². The molecule has 3 N–H and O–H groups in total. The fourth-order valence-corrected chi connectivity index (χ4v) is 6.22. The van der Waals surface area contributed by atoms with E-state index in [0.29, 0.717) is 23.1 Å². The zero-order chi connectivity index (χ0) is 27.2. The number of aliphatic imine (C=N–C) groups is 1. The highest BCUT2D eigenvalue weighted by molar-refractivity contribution is 7.80. The molecule has 0 radical (unpaired) electrons. The van der Waals surface area contributed by atoms with Crippen molar-refractivity contribution < 1.29 is 5.11 Å². The lowest BCUT2D eigenvalue weighted by Crippen LogP contribution is -2.48. The smallest absolute Gasteiger partial charge is 0.229 e. The molecule has 1 saturated carbocycles. The van der Waals surface area contributed by atoms with E-state index in [1.807, 2.05) is 80.6 Å². The Morgan fingerprint density at radius 1 is 0.897 bits per heavy atom. The molecule has 0 unspecified atom stereocenters. The highest BCUT2D eigenvalue weighted by atomic mass is 32.1. The Morgan fingerprint density at radius 3 is 1.97 bits per heavy atom. The molecule has 0 amide bonds. The molecule has 39 heavy (non-hydrogen) atoms. The van der Waals surface area contributed by atoms with Gasteiger partial charge in [-0.05, 0) is 74.9 Å². The van der Waals surface area contributed by atoms with Crippen LogP contribution in [0.2, 0.25) is 0 Å². The number of guanidine groups is 1. The molecule has 0 spiro atoms. The van der Waals surface area contributed by atoms with Gasteiger partial charge in [-0.15, -0.1) is 0 Å². The van der Waals surface area contributed by atoms with Gasteiger partial charge in [-0.3, -0.25) is 5.32 Å². The van der Waals surface area contributed by atoms with Gasteiger partial charge in [-0.25, -0.2) is 9.97 Å². The topological polar surface area (TPSA) is 85.7 Å². The maximum Gasteiger partial charge on any atom is 0.229 e. The Bertz CT molecular complexity index is 1230. The number of aliphatic hydroxyl groups is 1. The number of nitrogens with zero attached hydrogens (tertiary/aromatic N) is 4. The van der Waals surface area contributed by atoms with Crippen LogP contribution in [-0.2, 0) is 5.60 Å². The van der Waals surface area contributed by atoms with Crippen LogP contribution in [0.15, 0.2) is 71.7 Å². The van der Waals surface area contributed by atoms with Crippen molar-refractivity contribution in [1.29, 1.82) is 0 Å². The number of nitrogens with one attached hydrogen (secondary N) is 2. The van der Waals surface area contributed by atoms with E-state index in [1.54, 1.807) is 0 Å². The standard InChI is InChI=1S/C31H38N6OS/c1-22-21-23(2)33-28(32-22)35-29(36-30(39)34-27-15-9-10-16-27)37-19-17-26(18-20-37)31(38,24-11-5-3-6-12-24)25-13-7-4-8-14-25/h3-8,11-14,21,26-27,38H,9-10,15-20H2,1-2H3,(H2,32,33,34,35,36,39). The van der Waals surface area contributed by atoms with E-state index in [0.717, 1.165) is 61.3 Å². The molecular formula is C31H38N6OS. The van der Waals surface area contributed by atoms with Crippen LogP contribution in [0.1, 0.15) is 61.0 Å². The van der Waals surface area contributed by atoms with E-state index in [1.165, 1.54) is 12.8 Å². The monoisotopic (exact) mass is 542 g/mol. The average Bonchev–Trinajstić information content (AvgIpc) is 3.46. The minimum absolute atomic E-state index is 0.0424. The van der Waals surface area contributed by atoms with Crippen LogP contribution in [0.25, 0.3) is 0 Å². The summed E-state index contributed by atoms with van der Waals surface area (Å²) < 4.78 is 0. The molecule has 1 aliphatic carbocycles. The van der Waals surface area contributed by atoms with E-state index in [4.69, 9.17) is 17.2 Å². The largest absolute Gasteiger partial charge is 0.380 e. The summed E-state index contributed by atoms with van der Waals surface area (Å²) in [6.45, 7) is 5.36. The van der Waals surface area contributed by atoms with Gasteiger partial charge in [0.05, 0.1) is 0 Å². The van der Waals surface area contributed by atoms with Crippen molar-refractivity contribution in [2.75, 3.05) is 18.4 Å². The average molecular weight is 543 g/mol. The number of aryl methyl sites for hydroxylation is 2. The van der Waals surface area contributed by atoms with Gasteiger partial charge in [-0.2, -0.15) is 4.99 Å². The van der Waals surface area contributed by atoms with Crippen molar-refractivity contribution >= 4 is 29.2 Å². The number of thiocarbonyl (C=S) groups is 1. The maximum absolute atomic E-state index is 12.3. The molecule has 2 aromatic carbocycles. The first-order chi connectivity index (χ1) is 18.9. The Labute approximate surface area is 236 Å². The van der Waals surface area contributed by atoms with Gasteiger partial charge in [0.25, 0.3) is 0 Å². The lowest BCUT2D eigenvalue weighted by molar-refractivity contribution is -0.00653.